The maximum absolute atomic E-state index is 12.6. The van der Waals surface area contributed by atoms with Gasteiger partial charge in [-0.2, -0.15) is 0 Å². The number of aromatic nitrogens is 1. The third-order valence-electron chi connectivity index (χ3n) is 6.80. The van der Waals surface area contributed by atoms with Gasteiger partial charge in [-0.15, -0.1) is 0 Å². The number of likely N-dealkylation sites (tertiary alicyclic amines) is 1. The number of hydrogen-bond donors (Lipinski definition) is 1. The lowest BCUT2D eigenvalue weighted by Gasteiger charge is -2.38. The van der Waals surface area contributed by atoms with Crippen LogP contribution in [0.25, 0.3) is 0 Å². The minimum atomic E-state index is -0.173. The minimum absolute atomic E-state index is 0.00747. The lowest BCUT2D eigenvalue weighted by Crippen LogP contribution is -2.49. The number of pyridine rings is 1. The first-order valence-corrected chi connectivity index (χ1v) is 12.4. The highest BCUT2D eigenvalue weighted by atomic mass is 16.5. The lowest BCUT2D eigenvalue weighted by molar-refractivity contribution is -0.139. The largest absolute Gasteiger partial charge is 0.484 e. The first-order valence-electron chi connectivity index (χ1n) is 12.4. The first kappa shape index (κ1) is 24.0. The number of amides is 2. The normalized spacial score (nSPS) is 20.7. The topological polar surface area (TPSA) is 80.8 Å². The van der Waals surface area contributed by atoms with E-state index in [1.54, 1.807) is 30.5 Å². The fourth-order valence-corrected chi connectivity index (χ4v) is 4.92. The number of nitrogens with one attached hydrogen (secondary N) is 1. The maximum Gasteiger partial charge on any atom is 0.260 e. The third-order valence-corrected chi connectivity index (χ3v) is 6.80. The van der Waals surface area contributed by atoms with Gasteiger partial charge in [0.2, 0.25) is 5.88 Å². The van der Waals surface area contributed by atoms with Crippen LogP contribution < -0.4 is 14.8 Å². The van der Waals surface area contributed by atoms with Crippen LogP contribution in [-0.2, 0) is 11.3 Å². The van der Waals surface area contributed by atoms with Gasteiger partial charge in [0.25, 0.3) is 11.8 Å². The monoisotopic (exact) mass is 465 g/mol. The van der Waals surface area contributed by atoms with Crippen molar-refractivity contribution in [3.05, 3.63) is 53.7 Å². The average molecular weight is 466 g/mol. The second kappa shape index (κ2) is 11.4. The van der Waals surface area contributed by atoms with E-state index < -0.39 is 0 Å². The summed E-state index contributed by atoms with van der Waals surface area (Å²) < 4.78 is 11.7. The van der Waals surface area contributed by atoms with Crippen LogP contribution in [0.5, 0.6) is 11.6 Å². The Morgan fingerprint density at radius 1 is 1.00 bits per heavy atom. The van der Waals surface area contributed by atoms with Gasteiger partial charge in [-0.25, -0.2) is 4.98 Å². The molecule has 2 aromatic rings. The van der Waals surface area contributed by atoms with Gasteiger partial charge in [-0.1, -0.05) is 0 Å². The van der Waals surface area contributed by atoms with Crippen LogP contribution in [0.15, 0.2) is 42.6 Å². The standard InChI is InChI=1S/C27H35N3O4/c1-19-6-5-7-20(2)30(19)26(31)18-33-23-12-10-22(11-13-23)27(32)29-17-21-14-15-28-25(16-21)34-24-8-3-4-9-24/h10-16,19-20,24H,3-9,17-18H2,1-2H3,(H,29,32). The van der Waals surface area contributed by atoms with Crippen LogP contribution in [0.1, 0.15) is 74.7 Å². The van der Waals surface area contributed by atoms with Gasteiger partial charge in [0.1, 0.15) is 11.9 Å². The van der Waals surface area contributed by atoms with Crippen molar-refractivity contribution in [1.82, 2.24) is 15.2 Å². The molecule has 2 atom stereocenters. The van der Waals surface area contributed by atoms with Gasteiger partial charge in [0.05, 0.1) is 0 Å². The van der Waals surface area contributed by atoms with Crippen molar-refractivity contribution >= 4 is 11.8 Å². The number of rotatable bonds is 8. The van der Waals surface area contributed by atoms with Crippen molar-refractivity contribution in [1.29, 1.82) is 0 Å². The number of carbonyl (C=O) groups excluding carboxylic acids is 2. The van der Waals surface area contributed by atoms with Crippen LogP contribution in [-0.4, -0.2) is 46.5 Å². The Morgan fingerprint density at radius 2 is 1.71 bits per heavy atom. The van der Waals surface area contributed by atoms with Gasteiger partial charge < -0.3 is 19.7 Å². The number of ether oxygens (including phenoxy) is 2. The fraction of sp³-hybridized carbons (Fsp3) is 0.519. The van der Waals surface area contributed by atoms with Gasteiger partial charge >= 0.3 is 0 Å². The summed E-state index contributed by atoms with van der Waals surface area (Å²) in [5, 5.41) is 2.93. The molecule has 0 radical (unpaired) electrons. The molecular formula is C27H35N3O4. The molecule has 4 rings (SSSR count). The minimum Gasteiger partial charge on any atom is -0.484 e. The van der Waals surface area contributed by atoms with Crippen LogP contribution in [0.4, 0.5) is 0 Å². The number of nitrogens with zero attached hydrogens (tertiary/aromatic N) is 2. The van der Waals surface area contributed by atoms with E-state index in [-0.39, 0.29) is 36.6 Å². The van der Waals surface area contributed by atoms with Gasteiger partial charge in [0.15, 0.2) is 6.61 Å². The number of piperidine rings is 1. The lowest BCUT2D eigenvalue weighted by atomic mass is 9.97. The van der Waals surface area contributed by atoms with Crippen molar-refractivity contribution in [3.8, 4) is 11.6 Å². The highest BCUT2D eigenvalue weighted by Crippen LogP contribution is 2.24. The molecule has 2 heterocycles. The van der Waals surface area contributed by atoms with Crippen molar-refractivity contribution in [2.24, 2.45) is 0 Å². The van der Waals surface area contributed by atoms with E-state index in [1.807, 2.05) is 17.0 Å². The summed E-state index contributed by atoms with van der Waals surface area (Å²) in [4.78, 5) is 31.4. The summed E-state index contributed by atoms with van der Waals surface area (Å²) in [6, 6.07) is 11.1. The van der Waals surface area contributed by atoms with Gasteiger partial charge in [-0.05, 0) is 94.7 Å². The summed E-state index contributed by atoms with van der Waals surface area (Å²) in [5.74, 6) is 1.02. The zero-order chi connectivity index (χ0) is 23.9. The van der Waals surface area contributed by atoms with Gasteiger partial charge in [-0.3, -0.25) is 9.59 Å². The molecule has 34 heavy (non-hydrogen) atoms. The first-order chi connectivity index (χ1) is 16.5. The van der Waals surface area contributed by atoms with Crippen molar-refractivity contribution in [2.75, 3.05) is 6.61 Å². The Hall–Kier alpha value is -3.09. The Balaban J connectivity index is 1.25. The molecule has 1 N–H and O–H groups in total. The zero-order valence-electron chi connectivity index (χ0n) is 20.2. The average Bonchev–Trinajstić information content (AvgIpc) is 3.35. The third kappa shape index (κ3) is 6.27. The predicted octanol–water partition coefficient (Wildman–Crippen LogP) is 4.50. The Bertz CT molecular complexity index is 962. The Morgan fingerprint density at radius 3 is 2.41 bits per heavy atom. The second-order valence-corrected chi connectivity index (χ2v) is 9.45. The highest BCUT2D eigenvalue weighted by molar-refractivity contribution is 5.94. The summed E-state index contributed by atoms with van der Waals surface area (Å²) in [6.07, 6.45) is 9.76. The van der Waals surface area contributed by atoms with E-state index in [0.717, 1.165) is 37.7 Å². The van der Waals surface area contributed by atoms with E-state index >= 15 is 0 Å². The number of hydrogen-bond acceptors (Lipinski definition) is 5. The maximum atomic E-state index is 12.6. The van der Waals surface area contributed by atoms with E-state index in [2.05, 4.69) is 24.1 Å². The molecule has 1 aromatic heterocycles. The molecule has 1 aromatic carbocycles. The van der Waals surface area contributed by atoms with E-state index in [0.29, 0.717) is 23.7 Å². The number of benzene rings is 1. The zero-order valence-corrected chi connectivity index (χ0v) is 20.2. The molecule has 7 nitrogen and oxygen atoms in total. The van der Waals surface area contributed by atoms with E-state index in [4.69, 9.17) is 9.47 Å². The summed E-state index contributed by atoms with van der Waals surface area (Å²) in [6.45, 7) is 4.58. The van der Waals surface area contributed by atoms with Crippen LogP contribution >= 0.6 is 0 Å². The molecule has 7 heteroatoms. The Labute approximate surface area is 201 Å². The molecule has 182 valence electrons. The smallest absolute Gasteiger partial charge is 0.260 e. The summed E-state index contributed by atoms with van der Waals surface area (Å²) >= 11 is 0. The molecule has 2 amide bonds. The van der Waals surface area contributed by atoms with Crippen molar-refractivity contribution in [3.63, 3.8) is 0 Å². The van der Waals surface area contributed by atoms with E-state index in [9.17, 15) is 9.59 Å². The molecular weight excluding hydrogens is 430 g/mol. The molecule has 2 unspecified atom stereocenters. The quantitative estimate of drug-likeness (QED) is 0.621. The van der Waals surface area contributed by atoms with Crippen molar-refractivity contribution in [2.45, 2.75) is 83.5 Å². The molecule has 1 saturated heterocycles. The molecule has 1 aliphatic carbocycles. The van der Waals surface area contributed by atoms with Crippen LogP contribution in [0, 0.1) is 0 Å². The predicted molar refractivity (Wildman–Crippen MR) is 130 cm³/mol. The molecule has 1 saturated carbocycles. The molecule has 0 bridgehead atoms. The molecule has 2 fully saturated rings. The van der Waals surface area contributed by atoms with Crippen LogP contribution in [0.3, 0.4) is 0 Å². The Kier molecular flexibility index (Phi) is 8.03. The molecule has 0 spiro atoms. The van der Waals surface area contributed by atoms with Crippen LogP contribution in [0.2, 0.25) is 0 Å². The molecule has 1 aliphatic heterocycles. The van der Waals surface area contributed by atoms with E-state index in [1.165, 1.54) is 12.8 Å². The SMILES string of the molecule is CC1CCCC(C)N1C(=O)COc1ccc(C(=O)NCc2ccnc(OC3CCCC3)c2)cc1. The fourth-order valence-electron chi connectivity index (χ4n) is 4.92. The second-order valence-electron chi connectivity index (χ2n) is 9.45. The van der Waals surface area contributed by atoms with Crippen molar-refractivity contribution < 1.29 is 19.1 Å². The summed E-state index contributed by atoms with van der Waals surface area (Å²) in [7, 11) is 0. The summed E-state index contributed by atoms with van der Waals surface area (Å²) in [5.41, 5.74) is 1.48. The number of carbonyl (C=O) groups is 2. The molecule has 2 aliphatic rings. The highest BCUT2D eigenvalue weighted by Gasteiger charge is 2.29. The van der Waals surface area contributed by atoms with Gasteiger partial charge in [0, 0.05) is 36.5 Å².